The lowest BCUT2D eigenvalue weighted by molar-refractivity contribution is -0.115. The molecule has 0 spiro atoms. The summed E-state index contributed by atoms with van der Waals surface area (Å²) in [6.07, 6.45) is 0. The third kappa shape index (κ3) is 3.54. The minimum Gasteiger partial charge on any atom is -0.303 e. The molecule has 0 N–H and O–H groups in total. The zero-order valence-electron chi connectivity index (χ0n) is 17.0. The number of para-hydroxylation sites is 1. The highest BCUT2D eigenvalue weighted by Crippen LogP contribution is 2.46. The molecule has 1 saturated heterocycles. The van der Waals surface area contributed by atoms with Crippen LogP contribution in [0.4, 0.5) is 11.4 Å². The van der Waals surface area contributed by atoms with Crippen molar-refractivity contribution >= 4 is 68.7 Å². The van der Waals surface area contributed by atoms with Crippen LogP contribution in [-0.4, -0.2) is 16.1 Å². The van der Waals surface area contributed by atoms with E-state index >= 15 is 0 Å². The van der Waals surface area contributed by atoms with Crippen LogP contribution in [0.1, 0.15) is 16.7 Å². The van der Waals surface area contributed by atoms with Crippen molar-refractivity contribution in [2.75, 3.05) is 9.80 Å². The number of nitrogens with zero attached hydrogens (tertiary/aromatic N) is 2. The molecule has 7 heteroatoms. The van der Waals surface area contributed by atoms with Gasteiger partial charge in [0.25, 0.3) is 11.8 Å². The standard InChI is InChI=1S/C25H17ClN2O2S2/c1-15-6-8-16(9-7-15)14-27-20-5-3-2-4-19(20)21(23(27)29)22-24(30)28(25(31)32-22)18-12-10-17(26)11-13-18/h2-13H,14H2,1H3/b22-21-. The number of benzene rings is 3. The number of aryl methyl sites for hydroxylation is 1. The lowest BCUT2D eigenvalue weighted by Gasteiger charge is -2.17. The first-order chi connectivity index (χ1) is 15.4. The Morgan fingerprint density at radius 1 is 0.906 bits per heavy atom. The Labute approximate surface area is 200 Å². The van der Waals surface area contributed by atoms with Gasteiger partial charge in [-0.05, 0) is 42.8 Å². The van der Waals surface area contributed by atoms with E-state index in [-0.39, 0.29) is 11.8 Å². The van der Waals surface area contributed by atoms with Crippen LogP contribution in [0.25, 0.3) is 5.57 Å². The Morgan fingerprint density at radius 2 is 1.59 bits per heavy atom. The maximum absolute atomic E-state index is 13.6. The van der Waals surface area contributed by atoms with Gasteiger partial charge < -0.3 is 4.90 Å². The smallest absolute Gasteiger partial charge is 0.271 e. The molecule has 0 bridgehead atoms. The molecule has 0 atom stereocenters. The van der Waals surface area contributed by atoms with Crippen molar-refractivity contribution in [3.05, 3.63) is 99.4 Å². The maximum atomic E-state index is 13.6. The zero-order chi connectivity index (χ0) is 22.4. The largest absolute Gasteiger partial charge is 0.303 e. The Bertz CT molecular complexity index is 1300. The van der Waals surface area contributed by atoms with Gasteiger partial charge in [0, 0.05) is 10.6 Å². The van der Waals surface area contributed by atoms with Gasteiger partial charge in [0.2, 0.25) is 0 Å². The van der Waals surface area contributed by atoms with Crippen molar-refractivity contribution in [3.63, 3.8) is 0 Å². The molecule has 0 unspecified atom stereocenters. The molecule has 158 valence electrons. The molecule has 3 aromatic rings. The average molecular weight is 477 g/mol. The Kier molecular flexibility index (Phi) is 5.37. The molecule has 2 heterocycles. The van der Waals surface area contributed by atoms with E-state index in [1.807, 2.05) is 55.5 Å². The minimum absolute atomic E-state index is 0.191. The fraction of sp³-hybridized carbons (Fsp3) is 0.0800. The first-order valence-corrected chi connectivity index (χ1v) is 11.6. The number of fused-ring (bicyclic) bond motifs is 1. The molecule has 2 aliphatic heterocycles. The van der Waals surface area contributed by atoms with Crippen molar-refractivity contribution in [1.82, 2.24) is 0 Å². The van der Waals surface area contributed by atoms with Crippen molar-refractivity contribution in [2.24, 2.45) is 0 Å². The molecule has 0 aliphatic carbocycles. The molecule has 2 aliphatic rings. The molecule has 1 fully saturated rings. The van der Waals surface area contributed by atoms with Crippen LogP contribution in [-0.2, 0) is 16.1 Å². The van der Waals surface area contributed by atoms with E-state index in [1.165, 1.54) is 4.90 Å². The molecule has 0 radical (unpaired) electrons. The van der Waals surface area contributed by atoms with Crippen LogP contribution in [0.5, 0.6) is 0 Å². The number of halogens is 1. The highest BCUT2D eigenvalue weighted by molar-refractivity contribution is 8.27. The predicted molar refractivity (Wildman–Crippen MR) is 135 cm³/mol. The Morgan fingerprint density at radius 3 is 2.31 bits per heavy atom. The molecule has 2 amide bonds. The number of thioether (sulfide) groups is 1. The zero-order valence-corrected chi connectivity index (χ0v) is 19.4. The highest BCUT2D eigenvalue weighted by atomic mass is 35.5. The van der Waals surface area contributed by atoms with E-state index in [9.17, 15) is 9.59 Å². The minimum atomic E-state index is -0.294. The molecule has 5 rings (SSSR count). The van der Waals surface area contributed by atoms with Gasteiger partial charge in [0.1, 0.15) is 0 Å². The molecule has 4 nitrogen and oxygen atoms in total. The maximum Gasteiger partial charge on any atom is 0.271 e. The van der Waals surface area contributed by atoms with Gasteiger partial charge in [-0.25, -0.2) is 0 Å². The Hall–Kier alpha value is -2.93. The van der Waals surface area contributed by atoms with Crippen LogP contribution < -0.4 is 9.80 Å². The molecular weight excluding hydrogens is 460 g/mol. The second-order valence-electron chi connectivity index (χ2n) is 7.58. The molecule has 32 heavy (non-hydrogen) atoms. The van der Waals surface area contributed by atoms with E-state index in [2.05, 4.69) is 0 Å². The fourth-order valence-corrected chi connectivity index (χ4v) is 5.36. The summed E-state index contributed by atoms with van der Waals surface area (Å²) in [4.78, 5) is 30.5. The van der Waals surface area contributed by atoms with Gasteiger partial charge in [-0.1, -0.05) is 83.6 Å². The second-order valence-corrected chi connectivity index (χ2v) is 9.66. The molecule has 3 aromatic carbocycles. The average Bonchev–Trinajstić information content (AvgIpc) is 3.23. The summed E-state index contributed by atoms with van der Waals surface area (Å²) in [5, 5.41) is 0.573. The number of amides is 2. The van der Waals surface area contributed by atoms with Crippen LogP contribution in [0, 0.1) is 6.92 Å². The van der Waals surface area contributed by atoms with Crippen molar-refractivity contribution in [1.29, 1.82) is 0 Å². The fourth-order valence-electron chi connectivity index (χ4n) is 3.86. The summed E-state index contributed by atoms with van der Waals surface area (Å²) in [7, 11) is 0. The van der Waals surface area contributed by atoms with E-state index in [1.54, 1.807) is 29.2 Å². The third-order valence-corrected chi connectivity index (χ3v) is 7.09. The van der Waals surface area contributed by atoms with Crippen molar-refractivity contribution in [2.45, 2.75) is 13.5 Å². The van der Waals surface area contributed by atoms with E-state index in [0.717, 1.165) is 34.1 Å². The van der Waals surface area contributed by atoms with Gasteiger partial charge in [-0.3, -0.25) is 14.5 Å². The Balaban J connectivity index is 1.56. The first kappa shape index (κ1) is 20.9. The number of anilines is 2. The van der Waals surface area contributed by atoms with Crippen LogP contribution in [0.2, 0.25) is 5.02 Å². The molecule has 0 aromatic heterocycles. The summed E-state index contributed by atoms with van der Waals surface area (Å²) in [6.45, 7) is 2.46. The summed E-state index contributed by atoms with van der Waals surface area (Å²) in [5.74, 6) is -0.485. The van der Waals surface area contributed by atoms with Gasteiger partial charge in [0.15, 0.2) is 4.32 Å². The van der Waals surface area contributed by atoms with Gasteiger partial charge in [-0.2, -0.15) is 0 Å². The van der Waals surface area contributed by atoms with Gasteiger partial charge >= 0.3 is 0 Å². The summed E-state index contributed by atoms with van der Waals surface area (Å²) >= 11 is 12.7. The van der Waals surface area contributed by atoms with Gasteiger partial charge in [-0.15, -0.1) is 0 Å². The number of hydrogen-bond acceptors (Lipinski definition) is 4. The summed E-state index contributed by atoms with van der Waals surface area (Å²) < 4.78 is 0.391. The van der Waals surface area contributed by atoms with Crippen LogP contribution >= 0.6 is 35.6 Å². The number of carbonyl (C=O) groups excluding carboxylic acids is 2. The normalized spacial score (nSPS) is 18.0. The molecule has 0 saturated carbocycles. The third-order valence-electron chi connectivity index (χ3n) is 5.47. The highest BCUT2D eigenvalue weighted by Gasteiger charge is 2.42. The van der Waals surface area contributed by atoms with Crippen molar-refractivity contribution in [3.8, 4) is 0 Å². The summed E-state index contributed by atoms with van der Waals surface area (Å²) in [5.41, 5.74) is 4.76. The predicted octanol–water partition coefficient (Wildman–Crippen LogP) is 5.97. The number of hydrogen-bond donors (Lipinski definition) is 0. The lowest BCUT2D eigenvalue weighted by atomic mass is 10.1. The van der Waals surface area contributed by atoms with Crippen molar-refractivity contribution < 1.29 is 9.59 Å². The number of thiocarbonyl (C=S) groups is 1. The lowest BCUT2D eigenvalue weighted by Crippen LogP contribution is -2.29. The van der Waals surface area contributed by atoms with Crippen LogP contribution in [0.15, 0.2) is 77.7 Å². The van der Waals surface area contributed by atoms with E-state index in [0.29, 0.717) is 32.1 Å². The number of carbonyl (C=O) groups is 2. The SMILES string of the molecule is Cc1ccc(CN2C(=O)/C(=C3\SC(=S)N(c4ccc(Cl)cc4)C3=O)c3ccccc32)cc1. The first-order valence-electron chi connectivity index (χ1n) is 9.97. The molecular formula is C25H17ClN2O2S2. The number of rotatable bonds is 3. The summed E-state index contributed by atoms with van der Waals surface area (Å²) in [6, 6.07) is 22.6. The topological polar surface area (TPSA) is 40.6 Å². The monoisotopic (exact) mass is 476 g/mol. The van der Waals surface area contributed by atoms with Gasteiger partial charge in [0.05, 0.1) is 28.4 Å². The van der Waals surface area contributed by atoms with E-state index in [4.69, 9.17) is 23.8 Å². The second kappa shape index (κ2) is 8.20. The quantitative estimate of drug-likeness (QED) is 0.345. The van der Waals surface area contributed by atoms with Crippen LogP contribution in [0.3, 0.4) is 0 Å². The van der Waals surface area contributed by atoms with E-state index < -0.39 is 0 Å².